The molecule has 1 aromatic carbocycles. The molecule has 1 unspecified atom stereocenters. The van der Waals surface area contributed by atoms with Gasteiger partial charge in [0.15, 0.2) is 0 Å². The first kappa shape index (κ1) is 13.5. The van der Waals surface area contributed by atoms with Gasteiger partial charge in [0.05, 0.1) is 5.02 Å². The highest BCUT2D eigenvalue weighted by atomic mass is 79.9. The SMILES string of the molecule is CCCNC(C(N)=O)c1ccc(Br)c(Cl)c1. The van der Waals surface area contributed by atoms with Gasteiger partial charge >= 0.3 is 0 Å². The summed E-state index contributed by atoms with van der Waals surface area (Å²) in [6, 6.07) is 4.89. The first-order chi connectivity index (χ1) is 7.56. The fourth-order valence-corrected chi connectivity index (χ4v) is 1.80. The monoisotopic (exact) mass is 304 g/mol. The highest BCUT2D eigenvalue weighted by Crippen LogP contribution is 2.26. The number of halogens is 2. The number of rotatable bonds is 5. The number of amides is 1. The topological polar surface area (TPSA) is 55.1 Å². The fourth-order valence-electron chi connectivity index (χ4n) is 1.36. The Morgan fingerprint density at radius 3 is 2.81 bits per heavy atom. The highest BCUT2D eigenvalue weighted by Gasteiger charge is 2.17. The van der Waals surface area contributed by atoms with E-state index in [1.54, 1.807) is 12.1 Å². The van der Waals surface area contributed by atoms with E-state index >= 15 is 0 Å². The van der Waals surface area contributed by atoms with Crippen molar-refractivity contribution in [2.24, 2.45) is 5.73 Å². The lowest BCUT2D eigenvalue weighted by Crippen LogP contribution is -2.34. The summed E-state index contributed by atoms with van der Waals surface area (Å²) < 4.78 is 0.802. The van der Waals surface area contributed by atoms with Crippen molar-refractivity contribution in [3.05, 3.63) is 33.3 Å². The van der Waals surface area contributed by atoms with Crippen LogP contribution >= 0.6 is 27.5 Å². The molecule has 3 N–H and O–H groups in total. The van der Waals surface area contributed by atoms with Crippen molar-refractivity contribution in [2.45, 2.75) is 19.4 Å². The van der Waals surface area contributed by atoms with Gasteiger partial charge in [-0.1, -0.05) is 24.6 Å². The molecular weight excluding hydrogens is 291 g/mol. The van der Waals surface area contributed by atoms with E-state index in [2.05, 4.69) is 21.2 Å². The van der Waals surface area contributed by atoms with Crippen LogP contribution in [0.2, 0.25) is 5.02 Å². The van der Waals surface area contributed by atoms with Crippen molar-refractivity contribution < 1.29 is 4.79 Å². The maximum Gasteiger partial charge on any atom is 0.239 e. The number of nitrogens with two attached hydrogens (primary N) is 1. The number of carbonyl (C=O) groups is 1. The van der Waals surface area contributed by atoms with E-state index in [1.165, 1.54) is 0 Å². The summed E-state index contributed by atoms with van der Waals surface area (Å²) in [6.07, 6.45) is 0.939. The summed E-state index contributed by atoms with van der Waals surface area (Å²) in [6.45, 7) is 2.76. The van der Waals surface area contributed by atoms with Gasteiger partial charge in [0, 0.05) is 4.47 Å². The molecule has 3 nitrogen and oxygen atoms in total. The minimum Gasteiger partial charge on any atom is -0.368 e. The van der Waals surface area contributed by atoms with E-state index in [9.17, 15) is 4.79 Å². The Balaban J connectivity index is 2.92. The average molecular weight is 306 g/mol. The van der Waals surface area contributed by atoms with Gasteiger partial charge in [-0.15, -0.1) is 0 Å². The maximum absolute atomic E-state index is 11.3. The summed E-state index contributed by atoms with van der Waals surface area (Å²) in [5, 5.41) is 3.65. The number of nitrogens with one attached hydrogen (secondary N) is 1. The molecule has 16 heavy (non-hydrogen) atoms. The summed E-state index contributed by atoms with van der Waals surface area (Å²) in [5.74, 6) is -0.396. The average Bonchev–Trinajstić information content (AvgIpc) is 2.23. The number of hydrogen-bond acceptors (Lipinski definition) is 2. The van der Waals surface area contributed by atoms with E-state index in [0.717, 1.165) is 23.0 Å². The van der Waals surface area contributed by atoms with Gasteiger partial charge in [-0.2, -0.15) is 0 Å². The Morgan fingerprint density at radius 2 is 2.31 bits per heavy atom. The predicted molar refractivity (Wildman–Crippen MR) is 69.4 cm³/mol. The zero-order chi connectivity index (χ0) is 12.1. The van der Waals surface area contributed by atoms with Crippen LogP contribution in [-0.2, 0) is 4.79 Å². The Hall–Kier alpha value is -0.580. The summed E-state index contributed by atoms with van der Waals surface area (Å²) in [5.41, 5.74) is 6.13. The van der Waals surface area contributed by atoms with Crippen LogP contribution in [0.1, 0.15) is 24.9 Å². The third-order valence-electron chi connectivity index (χ3n) is 2.16. The van der Waals surface area contributed by atoms with Crippen molar-refractivity contribution >= 4 is 33.4 Å². The van der Waals surface area contributed by atoms with Gasteiger partial charge in [-0.25, -0.2) is 0 Å². The molecule has 0 aliphatic rings. The van der Waals surface area contributed by atoms with E-state index in [-0.39, 0.29) is 0 Å². The molecule has 88 valence electrons. The molecule has 0 saturated heterocycles. The van der Waals surface area contributed by atoms with Crippen LogP contribution < -0.4 is 11.1 Å². The third-order valence-corrected chi connectivity index (χ3v) is 3.39. The van der Waals surface area contributed by atoms with E-state index in [1.807, 2.05) is 13.0 Å². The second-order valence-corrected chi connectivity index (χ2v) is 4.72. The summed E-state index contributed by atoms with van der Waals surface area (Å²) in [4.78, 5) is 11.3. The molecule has 5 heteroatoms. The van der Waals surface area contributed by atoms with Crippen molar-refractivity contribution in [3.8, 4) is 0 Å². The van der Waals surface area contributed by atoms with E-state index in [0.29, 0.717) is 5.02 Å². The van der Waals surface area contributed by atoms with Crippen molar-refractivity contribution in [1.29, 1.82) is 0 Å². The lowest BCUT2D eigenvalue weighted by molar-refractivity contribution is -0.120. The number of primary amides is 1. The number of carbonyl (C=O) groups excluding carboxylic acids is 1. The molecule has 1 rings (SSSR count). The lowest BCUT2D eigenvalue weighted by atomic mass is 10.1. The molecule has 0 heterocycles. The molecule has 0 spiro atoms. The first-order valence-corrected chi connectivity index (χ1v) is 6.21. The Labute approximate surface area is 108 Å². The van der Waals surface area contributed by atoms with Crippen LogP contribution in [0.5, 0.6) is 0 Å². The molecule has 0 saturated carbocycles. The molecule has 0 bridgehead atoms. The smallest absolute Gasteiger partial charge is 0.239 e. The third kappa shape index (κ3) is 3.47. The maximum atomic E-state index is 11.3. The molecule has 0 fully saturated rings. The van der Waals surface area contributed by atoms with Crippen LogP contribution in [0.25, 0.3) is 0 Å². The van der Waals surface area contributed by atoms with Gasteiger partial charge in [-0.3, -0.25) is 4.79 Å². The normalized spacial score (nSPS) is 12.4. The molecule has 1 aromatic rings. The van der Waals surface area contributed by atoms with Crippen LogP contribution in [-0.4, -0.2) is 12.5 Å². The molecule has 0 aliphatic heterocycles. The highest BCUT2D eigenvalue weighted by molar-refractivity contribution is 9.10. The van der Waals surface area contributed by atoms with E-state index in [4.69, 9.17) is 17.3 Å². The van der Waals surface area contributed by atoms with Crippen LogP contribution in [0, 0.1) is 0 Å². The molecular formula is C11H14BrClN2O. The van der Waals surface area contributed by atoms with Crippen molar-refractivity contribution in [1.82, 2.24) is 5.32 Å². The second kappa shape index (κ2) is 6.23. The zero-order valence-electron chi connectivity index (χ0n) is 8.97. The summed E-state index contributed by atoms with van der Waals surface area (Å²) >= 11 is 9.27. The molecule has 0 aromatic heterocycles. The summed E-state index contributed by atoms with van der Waals surface area (Å²) in [7, 11) is 0. The molecule has 1 atom stereocenters. The second-order valence-electron chi connectivity index (χ2n) is 3.46. The van der Waals surface area contributed by atoms with Gasteiger partial charge in [0.2, 0.25) is 5.91 Å². The first-order valence-electron chi connectivity index (χ1n) is 5.04. The van der Waals surface area contributed by atoms with Crippen LogP contribution in [0.4, 0.5) is 0 Å². The lowest BCUT2D eigenvalue weighted by Gasteiger charge is -2.15. The zero-order valence-corrected chi connectivity index (χ0v) is 11.3. The Morgan fingerprint density at radius 1 is 1.62 bits per heavy atom. The quantitative estimate of drug-likeness (QED) is 0.878. The Bertz CT molecular complexity index is 384. The standard InChI is InChI=1S/C11H14BrClN2O/c1-2-5-15-10(11(14)16)7-3-4-8(12)9(13)6-7/h3-4,6,10,15H,2,5H2,1H3,(H2,14,16). The van der Waals surface area contributed by atoms with Crippen LogP contribution in [0.3, 0.4) is 0 Å². The number of hydrogen-bond donors (Lipinski definition) is 2. The minimum atomic E-state index is -0.481. The van der Waals surface area contributed by atoms with Crippen LogP contribution in [0.15, 0.2) is 22.7 Å². The minimum absolute atomic E-state index is 0.396. The molecule has 0 radical (unpaired) electrons. The van der Waals surface area contributed by atoms with Gasteiger partial charge < -0.3 is 11.1 Å². The number of benzene rings is 1. The van der Waals surface area contributed by atoms with Crippen molar-refractivity contribution in [3.63, 3.8) is 0 Å². The predicted octanol–water partition coefficient (Wildman–Crippen LogP) is 2.63. The van der Waals surface area contributed by atoms with Gasteiger partial charge in [0.25, 0.3) is 0 Å². The molecule has 1 amide bonds. The van der Waals surface area contributed by atoms with Gasteiger partial charge in [0.1, 0.15) is 6.04 Å². The Kier molecular flexibility index (Phi) is 5.25. The van der Waals surface area contributed by atoms with E-state index < -0.39 is 11.9 Å². The van der Waals surface area contributed by atoms with Crippen molar-refractivity contribution in [2.75, 3.05) is 6.54 Å². The fraction of sp³-hybridized carbons (Fsp3) is 0.364. The molecule has 0 aliphatic carbocycles. The van der Waals surface area contributed by atoms with Gasteiger partial charge in [-0.05, 0) is 46.6 Å². The largest absolute Gasteiger partial charge is 0.368 e.